The van der Waals surface area contributed by atoms with Crippen molar-refractivity contribution in [3.05, 3.63) is 56.4 Å². The van der Waals surface area contributed by atoms with Crippen molar-refractivity contribution in [1.82, 2.24) is 9.80 Å². The van der Waals surface area contributed by atoms with Crippen LogP contribution >= 0.6 is 27.3 Å². The molecule has 1 aromatic heterocycles. The molecule has 0 spiro atoms. The standard InChI is InChI=1S/C16H16BrFN2OS/c17-13-4-3-12(14(18)10-13)11-19-5-7-20(8-6-19)16(21)15-2-1-9-22-15/h1-4,9-10H,5-8,11H2. The van der Waals surface area contributed by atoms with Gasteiger partial charge in [0.25, 0.3) is 5.91 Å². The number of piperazine rings is 1. The maximum Gasteiger partial charge on any atom is 0.264 e. The average molecular weight is 383 g/mol. The molecule has 0 radical (unpaired) electrons. The summed E-state index contributed by atoms with van der Waals surface area (Å²) in [5, 5.41) is 1.92. The number of rotatable bonds is 3. The molecular weight excluding hydrogens is 367 g/mol. The van der Waals surface area contributed by atoms with Crippen LogP contribution in [0.3, 0.4) is 0 Å². The van der Waals surface area contributed by atoms with Gasteiger partial charge < -0.3 is 4.90 Å². The van der Waals surface area contributed by atoms with Crippen LogP contribution in [0.25, 0.3) is 0 Å². The van der Waals surface area contributed by atoms with E-state index in [1.807, 2.05) is 34.5 Å². The molecule has 1 aromatic carbocycles. The van der Waals surface area contributed by atoms with Gasteiger partial charge in [-0.05, 0) is 23.6 Å². The Hall–Kier alpha value is -1.24. The third-order valence-corrected chi connectivity index (χ3v) is 5.15. The highest BCUT2D eigenvalue weighted by atomic mass is 79.9. The number of hydrogen-bond acceptors (Lipinski definition) is 3. The molecule has 0 aliphatic carbocycles. The van der Waals surface area contributed by atoms with Gasteiger partial charge in [-0.1, -0.05) is 28.1 Å². The largest absolute Gasteiger partial charge is 0.335 e. The van der Waals surface area contributed by atoms with Crippen molar-refractivity contribution >= 4 is 33.2 Å². The molecule has 2 aromatic rings. The maximum atomic E-state index is 13.9. The van der Waals surface area contributed by atoms with E-state index >= 15 is 0 Å². The predicted molar refractivity (Wildman–Crippen MR) is 89.6 cm³/mol. The minimum atomic E-state index is -0.188. The number of amides is 1. The zero-order chi connectivity index (χ0) is 15.5. The van der Waals surface area contributed by atoms with Crippen molar-refractivity contribution in [2.75, 3.05) is 26.2 Å². The molecule has 6 heteroatoms. The molecule has 1 amide bonds. The molecular formula is C16H16BrFN2OS. The molecule has 3 nitrogen and oxygen atoms in total. The summed E-state index contributed by atoms with van der Waals surface area (Å²) >= 11 is 4.74. The number of carbonyl (C=O) groups excluding carboxylic acids is 1. The molecule has 0 N–H and O–H groups in total. The lowest BCUT2D eigenvalue weighted by Crippen LogP contribution is -2.48. The van der Waals surface area contributed by atoms with E-state index in [2.05, 4.69) is 20.8 Å². The molecule has 2 heterocycles. The second-order valence-corrected chi connectivity index (χ2v) is 7.14. The molecule has 1 saturated heterocycles. The van der Waals surface area contributed by atoms with Crippen LogP contribution in [-0.4, -0.2) is 41.9 Å². The van der Waals surface area contributed by atoms with E-state index in [0.717, 1.165) is 22.4 Å². The maximum absolute atomic E-state index is 13.9. The molecule has 3 rings (SSSR count). The third kappa shape index (κ3) is 3.56. The highest BCUT2D eigenvalue weighted by Crippen LogP contribution is 2.18. The SMILES string of the molecule is O=C(c1cccs1)N1CCN(Cc2ccc(Br)cc2F)CC1. The second kappa shape index (κ2) is 6.89. The van der Waals surface area contributed by atoms with Crippen molar-refractivity contribution in [3.8, 4) is 0 Å². The molecule has 0 unspecified atom stereocenters. The minimum absolute atomic E-state index is 0.101. The van der Waals surface area contributed by atoms with Gasteiger partial charge in [0.05, 0.1) is 4.88 Å². The van der Waals surface area contributed by atoms with Crippen LogP contribution < -0.4 is 0 Å². The number of carbonyl (C=O) groups is 1. The summed E-state index contributed by atoms with van der Waals surface area (Å²) in [7, 11) is 0. The summed E-state index contributed by atoms with van der Waals surface area (Å²) in [6.07, 6.45) is 0. The Bertz CT molecular complexity index is 654. The number of thiophene rings is 1. The normalized spacial score (nSPS) is 16.0. The molecule has 1 fully saturated rings. The van der Waals surface area contributed by atoms with Crippen LogP contribution in [0.4, 0.5) is 4.39 Å². The first-order valence-electron chi connectivity index (χ1n) is 7.12. The third-order valence-electron chi connectivity index (χ3n) is 3.80. The smallest absolute Gasteiger partial charge is 0.264 e. The summed E-state index contributed by atoms with van der Waals surface area (Å²) in [5.74, 6) is -0.0871. The monoisotopic (exact) mass is 382 g/mol. The number of nitrogens with zero attached hydrogens (tertiary/aromatic N) is 2. The summed E-state index contributed by atoms with van der Waals surface area (Å²) in [4.78, 5) is 17.1. The second-order valence-electron chi connectivity index (χ2n) is 5.28. The lowest BCUT2D eigenvalue weighted by atomic mass is 10.2. The number of benzene rings is 1. The van der Waals surface area contributed by atoms with E-state index in [4.69, 9.17) is 0 Å². The van der Waals surface area contributed by atoms with Crippen molar-refractivity contribution in [1.29, 1.82) is 0 Å². The zero-order valence-electron chi connectivity index (χ0n) is 12.0. The van der Waals surface area contributed by atoms with Gasteiger partial charge in [0.15, 0.2) is 0 Å². The first-order chi connectivity index (χ1) is 10.6. The summed E-state index contributed by atoms with van der Waals surface area (Å²) in [6, 6.07) is 8.91. The highest BCUT2D eigenvalue weighted by Gasteiger charge is 2.23. The van der Waals surface area contributed by atoms with E-state index < -0.39 is 0 Å². The van der Waals surface area contributed by atoms with Crippen LogP contribution in [0.1, 0.15) is 15.2 Å². The Morgan fingerprint density at radius 2 is 2.00 bits per heavy atom. The van der Waals surface area contributed by atoms with E-state index in [0.29, 0.717) is 25.2 Å². The van der Waals surface area contributed by atoms with Gasteiger partial charge in [0.1, 0.15) is 5.82 Å². The van der Waals surface area contributed by atoms with Crippen molar-refractivity contribution in [3.63, 3.8) is 0 Å². The molecule has 1 aliphatic rings. The fraction of sp³-hybridized carbons (Fsp3) is 0.312. The molecule has 22 heavy (non-hydrogen) atoms. The Morgan fingerprint density at radius 1 is 1.23 bits per heavy atom. The van der Waals surface area contributed by atoms with Gasteiger partial charge in [0, 0.05) is 42.8 Å². The van der Waals surface area contributed by atoms with Gasteiger partial charge >= 0.3 is 0 Å². The first-order valence-corrected chi connectivity index (χ1v) is 8.80. The Balaban J connectivity index is 1.56. The zero-order valence-corrected chi connectivity index (χ0v) is 14.4. The van der Waals surface area contributed by atoms with Crippen molar-refractivity contribution < 1.29 is 9.18 Å². The summed E-state index contributed by atoms with van der Waals surface area (Å²) < 4.78 is 14.6. The molecule has 1 aliphatic heterocycles. The summed E-state index contributed by atoms with van der Waals surface area (Å²) in [6.45, 7) is 3.50. The van der Waals surface area contributed by atoms with Gasteiger partial charge in [0.2, 0.25) is 0 Å². The quantitative estimate of drug-likeness (QED) is 0.809. The predicted octanol–water partition coefficient (Wildman–Crippen LogP) is 3.61. The molecule has 0 atom stereocenters. The number of hydrogen-bond donors (Lipinski definition) is 0. The first kappa shape index (κ1) is 15.6. The van der Waals surface area contributed by atoms with Gasteiger partial charge in [-0.25, -0.2) is 4.39 Å². The molecule has 116 valence electrons. The molecule has 0 bridgehead atoms. The van der Waals surface area contributed by atoms with Crippen LogP contribution in [0.15, 0.2) is 40.2 Å². The summed E-state index contributed by atoms with van der Waals surface area (Å²) in [5.41, 5.74) is 0.696. The average Bonchev–Trinajstić information content (AvgIpc) is 3.04. The van der Waals surface area contributed by atoms with E-state index in [1.165, 1.54) is 17.4 Å². The topological polar surface area (TPSA) is 23.6 Å². The van der Waals surface area contributed by atoms with Gasteiger partial charge in [-0.2, -0.15) is 0 Å². The van der Waals surface area contributed by atoms with Crippen LogP contribution in [0, 0.1) is 5.82 Å². The Kier molecular flexibility index (Phi) is 4.90. The van der Waals surface area contributed by atoms with Crippen LogP contribution in [-0.2, 0) is 6.54 Å². The molecule has 0 saturated carbocycles. The van der Waals surface area contributed by atoms with Crippen LogP contribution in [0.5, 0.6) is 0 Å². The lowest BCUT2D eigenvalue weighted by Gasteiger charge is -2.34. The van der Waals surface area contributed by atoms with Gasteiger partial charge in [-0.3, -0.25) is 9.69 Å². The number of halogens is 2. The van der Waals surface area contributed by atoms with E-state index in [-0.39, 0.29) is 11.7 Å². The minimum Gasteiger partial charge on any atom is -0.335 e. The van der Waals surface area contributed by atoms with Crippen LogP contribution in [0.2, 0.25) is 0 Å². The van der Waals surface area contributed by atoms with Crippen molar-refractivity contribution in [2.45, 2.75) is 6.54 Å². The fourth-order valence-electron chi connectivity index (χ4n) is 2.56. The highest BCUT2D eigenvalue weighted by molar-refractivity contribution is 9.10. The Labute approximate surface area is 141 Å². The van der Waals surface area contributed by atoms with Crippen molar-refractivity contribution in [2.24, 2.45) is 0 Å². The van der Waals surface area contributed by atoms with E-state index in [1.54, 1.807) is 0 Å². The Morgan fingerprint density at radius 3 is 2.64 bits per heavy atom. The lowest BCUT2D eigenvalue weighted by molar-refractivity contribution is 0.0632. The van der Waals surface area contributed by atoms with E-state index in [9.17, 15) is 9.18 Å². The van der Waals surface area contributed by atoms with Gasteiger partial charge in [-0.15, -0.1) is 11.3 Å². The fourth-order valence-corrected chi connectivity index (χ4v) is 3.58.